The highest BCUT2D eigenvalue weighted by atomic mass is 19.2. The monoisotopic (exact) mass is 314 g/mol. The molecule has 3 rings (SSSR count). The van der Waals surface area contributed by atoms with Crippen molar-refractivity contribution in [2.75, 3.05) is 0 Å². The van der Waals surface area contributed by atoms with Gasteiger partial charge in [-0.05, 0) is 12.1 Å². The summed E-state index contributed by atoms with van der Waals surface area (Å²) in [6, 6.07) is 5.96. The molecule has 112 valence electrons. The fourth-order valence-corrected chi connectivity index (χ4v) is 1.98. The van der Waals surface area contributed by atoms with E-state index in [1.54, 1.807) is 12.1 Å². The Hall–Kier alpha value is -2.77. The molecule has 0 fully saturated rings. The highest BCUT2D eigenvalue weighted by molar-refractivity contribution is 5.74. The number of fused-ring (bicyclic) bond motifs is 1. The summed E-state index contributed by atoms with van der Waals surface area (Å²) in [6.45, 7) is 0. The Morgan fingerprint density at radius 3 is 2.00 bits per heavy atom. The summed E-state index contributed by atoms with van der Waals surface area (Å²) >= 11 is 0. The first kappa shape index (κ1) is 14.2. The number of para-hydroxylation sites is 1. The van der Waals surface area contributed by atoms with E-state index in [2.05, 4.69) is 0 Å². The van der Waals surface area contributed by atoms with Crippen molar-refractivity contribution in [3.63, 3.8) is 0 Å². The van der Waals surface area contributed by atoms with Crippen molar-refractivity contribution in [1.29, 1.82) is 0 Å². The summed E-state index contributed by atoms with van der Waals surface area (Å²) in [5, 5.41) is 0.242. The van der Waals surface area contributed by atoms with Crippen LogP contribution >= 0.6 is 0 Å². The SMILES string of the molecule is O=c1oc2ccccc2c[n+]1-c1c(F)c(F)c(F)c(F)c1F. The van der Waals surface area contributed by atoms with Gasteiger partial charge in [0, 0.05) is 0 Å². The summed E-state index contributed by atoms with van der Waals surface area (Å²) < 4.78 is 72.0. The smallest absolute Gasteiger partial charge is 0.371 e. The molecular formula is C14H5F5NO2+. The van der Waals surface area contributed by atoms with Crippen molar-refractivity contribution in [2.45, 2.75) is 0 Å². The van der Waals surface area contributed by atoms with Crippen molar-refractivity contribution in [2.24, 2.45) is 0 Å². The van der Waals surface area contributed by atoms with E-state index in [1.807, 2.05) is 0 Å². The number of hydrogen-bond donors (Lipinski definition) is 0. The molecule has 3 nitrogen and oxygen atoms in total. The zero-order chi connectivity index (χ0) is 16.0. The molecule has 0 atom stereocenters. The van der Waals surface area contributed by atoms with E-state index >= 15 is 0 Å². The van der Waals surface area contributed by atoms with Crippen LogP contribution in [0.5, 0.6) is 0 Å². The van der Waals surface area contributed by atoms with Crippen molar-refractivity contribution in [1.82, 2.24) is 0 Å². The van der Waals surface area contributed by atoms with Crippen LogP contribution in [0.1, 0.15) is 0 Å². The summed E-state index contributed by atoms with van der Waals surface area (Å²) in [6.07, 6.45) is 0.930. The number of aromatic nitrogens is 1. The fourth-order valence-electron chi connectivity index (χ4n) is 1.98. The average Bonchev–Trinajstić information content (AvgIpc) is 2.51. The van der Waals surface area contributed by atoms with Gasteiger partial charge >= 0.3 is 5.76 Å². The highest BCUT2D eigenvalue weighted by Crippen LogP contribution is 2.23. The lowest BCUT2D eigenvalue weighted by Gasteiger charge is -2.02. The number of hydrogen-bond acceptors (Lipinski definition) is 2. The molecule has 22 heavy (non-hydrogen) atoms. The van der Waals surface area contributed by atoms with Crippen LogP contribution in [0.4, 0.5) is 22.0 Å². The van der Waals surface area contributed by atoms with Crippen LogP contribution in [-0.2, 0) is 0 Å². The van der Waals surface area contributed by atoms with Gasteiger partial charge < -0.3 is 4.42 Å². The van der Waals surface area contributed by atoms with Gasteiger partial charge in [-0.25, -0.2) is 13.2 Å². The van der Waals surface area contributed by atoms with Gasteiger partial charge in [-0.3, -0.25) is 0 Å². The zero-order valence-electron chi connectivity index (χ0n) is 10.5. The molecule has 0 aliphatic rings. The molecule has 0 saturated carbocycles. The van der Waals surface area contributed by atoms with Gasteiger partial charge in [-0.2, -0.15) is 13.6 Å². The van der Waals surface area contributed by atoms with E-state index in [0.717, 1.165) is 6.20 Å². The molecule has 0 N–H and O–H groups in total. The standard InChI is InChI=1S/C14H5F5NO2/c15-8-9(16)11(18)13(12(19)10(8)17)20-5-6-3-1-2-4-7(6)22-14(20)21/h1-5H/q+1. The second kappa shape index (κ2) is 4.90. The lowest BCUT2D eigenvalue weighted by molar-refractivity contribution is -0.627. The molecule has 0 aliphatic heterocycles. The molecule has 2 aromatic carbocycles. The third-order valence-corrected chi connectivity index (χ3v) is 3.01. The second-order valence-electron chi connectivity index (χ2n) is 4.32. The van der Waals surface area contributed by atoms with Crippen LogP contribution in [-0.4, -0.2) is 0 Å². The third kappa shape index (κ3) is 1.95. The molecule has 0 aliphatic carbocycles. The maximum atomic E-state index is 13.7. The Labute approximate surface area is 118 Å². The zero-order valence-corrected chi connectivity index (χ0v) is 10.5. The van der Waals surface area contributed by atoms with E-state index in [0.29, 0.717) is 0 Å². The molecule has 1 heterocycles. The molecule has 0 amide bonds. The second-order valence-corrected chi connectivity index (χ2v) is 4.32. The van der Waals surface area contributed by atoms with Gasteiger partial charge in [0.25, 0.3) is 5.69 Å². The van der Waals surface area contributed by atoms with Crippen molar-refractivity contribution in [3.8, 4) is 5.69 Å². The van der Waals surface area contributed by atoms with E-state index < -0.39 is 40.5 Å². The minimum absolute atomic E-state index is 0.104. The predicted octanol–water partition coefficient (Wildman–Crippen LogP) is 2.77. The first-order chi connectivity index (χ1) is 10.4. The number of halogens is 5. The van der Waals surface area contributed by atoms with Crippen LogP contribution in [0.15, 0.2) is 39.7 Å². The van der Waals surface area contributed by atoms with E-state index in [4.69, 9.17) is 4.42 Å². The highest BCUT2D eigenvalue weighted by Gasteiger charge is 2.34. The fraction of sp³-hybridized carbons (Fsp3) is 0. The molecule has 0 saturated heterocycles. The van der Waals surface area contributed by atoms with Crippen LogP contribution < -0.4 is 10.3 Å². The van der Waals surface area contributed by atoms with Gasteiger partial charge in [0.1, 0.15) is 0 Å². The lowest BCUT2D eigenvalue weighted by Crippen LogP contribution is -2.48. The predicted molar refractivity (Wildman–Crippen MR) is 63.8 cm³/mol. The molecular weight excluding hydrogens is 309 g/mol. The summed E-state index contributed by atoms with van der Waals surface area (Å²) in [5.74, 6) is -12.1. The minimum Gasteiger partial charge on any atom is -0.371 e. The van der Waals surface area contributed by atoms with Gasteiger partial charge in [0.2, 0.25) is 29.1 Å². The van der Waals surface area contributed by atoms with E-state index in [-0.39, 0.29) is 15.5 Å². The average molecular weight is 314 g/mol. The maximum Gasteiger partial charge on any atom is 0.608 e. The Bertz CT molecular complexity index is 938. The molecule has 1 aromatic heterocycles. The van der Waals surface area contributed by atoms with Gasteiger partial charge in [0.05, 0.1) is 5.39 Å². The van der Waals surface area contributed by atoms with Crippen LogP contribution in [0.2, 0.25) is 0 Å². The van der Waals surface area contributed by atoms with Crippen molar-refractivity contribution >= 4 is 11.0 Å². The van der Waals surface area contributed by atoms with Gasteiger partial charge in [-0.1, -0.05) is 16.7 Å². The molecule has 0 radical (unpaired) electrons. The molecule has 0 spiro atoms. The van der Waals surface area contributed by atoms with E-state index in [9.17, 15) is 26.7 Å². The molecule has 0 unspecified atom stereocenters. The maximum absolute atomic E-state index is 13.7. The summed E-state index contributed by atoms with van der Waals surface area (Å²) in [5.41, 5.74) is -1.29. The topological polar surface area (TPSA) is 34.1 Å². The summed E-state index contributed by atoms with van der Waals surface area (Å²) in [7, 11) is 0. The first-order valence-electron chi connectivity index (χ1n) is 5.88. The lowest BCUT2D eigenvalue weighted by atomic mass is 10.2. The molecule has 0 bridgehead atoms. The quantitative estimate of drug-likeness (QED) is 0.300. The number of nitrogens with zero attached hydrogens (tertiary/aromatic N) is 1. The van der Waals surface area contributed by atoms with Gasteiger partial charge in [-0.15, -0.1) is 0 Å². The van der Waals surface area contributed by atoms with Crippen LogP contribution in [0, 0.1) is 29.1 Å². The summed E-state index contributed by atoms with van der Waals surface area (Å²) in [4.78, 5) is 11.8. The third-order valence-electron chi connectivity index (χ3n) is 3.01. The molecule has 8 heteroatoms. The van der Waals surface area contributed by atoms with Gasteiger partial charge in [0.15, 0.2) is 11.8 Å². The van der Waals surface area contributed by atoms with Crippen molar-refractivity contribution in [3.05, 3.63) is 70.1 Å². The Kier molecular flexibility index (Phi) is 3.16. The number of benzene rings is 2. The molecule has 3 aromatic rings. The van der Waals surface area contributed by atoms with Crippen LogP contribution in [0.3, 0.4) is 0 Å². The first-order valence-corrected chi connectivity index (χ1v) is 5.88. The van der Waals surface area contributed by atoms with E-state index in [1.165, 1.54) is 12.1 Å². The minimum atomic E-state index is -2.30. The normalized spacial score (nSPS) is 11.1. The van der Waals surface area contributed by atoms with Crippen molar-refractivity contribution < 1.29 is 30.9 Å². The Morgan fingerprint density at radius 2 is 1.36 bits per heavy atom. The Balaban J connectivity index is 2.42. The Morgan fingerprint density at radius 1 is 0.818 bits per heavy atom. The number of rotatable bonds is 1. The van der Waals surface area contributed by atoms with Crippen LogP contribution in [0.25, 0.3) is 16.7 Å². The largest absolute Gasteiger partial charge is 0.608 e.